The van der Waals surface area contributed by atoms with Crippen molar-refractivity contribution < 1.29 is 0 Å². The minimum Gasteiger partial charge on any atom is -0.294 e. The van der Waals surface area contributed by atoms with Crippen molar-refractivity contribution in [2.75, 3.05) is 5.75 Å². The van der Waals surface area contributed by atoms with E-state index in [1.54, 1.807) is 11.8 Å². The number of rotatable bonds is 1. The average Bonchev–Trinajstić information content (AvgIpc) is 2.85. The Labute approximate surface area is 95.7 Å². The molecule has 2 aromatic rings. The quantitative estimate of drug-likeness (QED) is 0.759. The Hall–Kier alpha value is -1.07. The minimum atomic E-state index is 0.994. The maximum absolute atomic E-state index is 4.58. The highest BCUT2D eigenvalue weighted by Gasteiger charge is 2.14. The lowest BCUT2D eigenvalue weighted by atomic mass is 10.3. The summed E-state index contributed by atoms with van der Waals surface area (Å²) in [6, 6.07) is 10.0. The van der Waals surface area contributed by atoms with Gasteiger partial charge in [0.05, 0.1) is 5.69 Å². The molecule has 5 heteroatoms. The van der Waals surface area contributed by atoms with Crippen molar-refractivity contribution in [3.8, 4) is 0 Å². The molecule has 1 aromatic carbocycles. The predicted molar refractivity (Wildman–Crippen MR) is 62.5 cm³/mol. The zero-order chi connectivity index (χ0) is 10.1. The summed E-state index contributed by atoms with van der Waals surface area (Å²) >= 11 is 3.27. The van der Waals surface area contributed by atoms with Gasteiger partial charge in [0.1, 0.15) is 0 Å². The second-order valence-corrected chi connectivity index (χ2v) is 4.99. The van der Waals surface area contributed by atoms with Gasteiger partial charge in [-0.3, -0.25) is 4.57 Å². The van der Waals surface area contributed by atoms with Crippen LogP contribution in [0.5, 0.6) is 0 Å². The van der Waals surface area contributed by atoms with Gasteiger partial charge in [-0.2, -0.15) is 4.37 Å². The lowest BCUT2D eigenvalue weighted by Gasteiger charge is -1.93. The van der Waals surface area contributed by atoms with Gasteiger partial charge in [-0.15, -0.1) is 0 Å². The van der Waals surface area contributed by atoms with E-state index in [0.29, 0.717) is 0 Å². The normalized spacial score (nSPS) is 15.6. The first kappa shape index (κ1) is 9.18. The second-order valence-electron chi connectivity index (χ2n) is 3.20. The van der Waals surface area contributed by atoms with Crippen LogP contribution in [0.3, 0.4) is 0 Å². The third-order valence-corrected chi connectivity index (χ3v) is 4.01. The van der Waals surface area contributed by atoms with Crippen LogP contribution in [0.15, 0.2) is 40.5 Å². The fourth-order valence-corrected chi connectivity index (χ4v) is 3.33. The Balaban J connectivity index is 2.10. The minimum absolute atomic E-state index is 0.994. The molecule has 1 aliphatic heterocycles. The molecular weight excluding hydrogens is 226 g/mol. The molecule has 0 bridgehead atoms. The Morgan fingerprint density at radius 3 is 3.00 bits per heavy atom. The first-order chi connectivity index (χ1) is 7.43. The zero-order valence-corrected chi connectivity index (χ0v) is 9.59. The van der Waals surface area contributed by atoms with Gasteiger partial charge in [0.15, 0.2) is 5.16 Å². The maximum atomic E-state index is 4.58. The molecule has 0 radical (unpaired) electrons. The monoisotopic (exact) mass is 235 g/mol. The molecule has 0 fully saturated rings. The first-order valence-corrected chi connectivity index (χ1v) is 6.48. The van der Waals surface area contributed by atoms with Crippen LogP contribution in [0.1, 0.15) is 0 Å². The van der Waals surface area contributed by atoms with Crippen molar-refractivity contribution in [3.63, 3.8) is 0 Å². The molecule has 0 amide bonds. The van der Waals surface area contributed by atoms with E-state index in [1.165, 1.54) is 11.5 Å². The van der Waals surface area contributed by atoms with Gasteiger partial charge in [0.2, 0.25) is 4.80 Å². The Kier molecular flexibility index (Phi) is 2.34. The number of hydrogen-bond acceptors (Lipinski definition) is 4. The van der Waals surface area contributed by atoms with Crippen LogP contribution in [-0.4, -0.2) is 14.7 Å². The smallest absolute Gasteiger partial charge is 0.210 e. The van der Waals surface area contributed by atoms with Crippen molar-refractivity contribution in [3.05, 3.63) is 35.1 Å². The Bertz CT molecular complexity index is 527. The third kappa shape index (κ3) is 1.72. The molecule has 15 heavy (non-hydrogen) atoms. The fraction of sp³-hybridized carbons (Fsp3) is 0.200. The molecule has 3 nitrogen and oxygen atoms in total. The fourth-order valence-electron chi connectivity index (χ4n) is 1.48. The molecule has 76 valence electrons. The second kappa shape index (κ2) is 3.83. The molecule has 0 unspecified atom stereocenters. The van der Waals surface area contributed by atoms with Crippen LogP contribution >= 0.6 is 23.3 Å². The van der Waals surface area contributed by atoms with Gasteiger partial charge < -0.3 is 0 Å². The number of aromatic nitrogens is 2. The van der Waals surface area contributed by atoms with E-state index in [9.17, 15) is 0 Å². The van der Waals surface area contributed by atoms with Gasteiger partial charge in [0, 0.05) is 23.8 Å². The van der Waals surface area contributed by atoms with Crippen LogP contribution in [0, 0.1) is 0 Å². The molecule has 2 heterocycles. The first-order valence-electron chi connectivity index (χ1n) is 4.72. The molecule has 0 atom stereocenters. The SMILES string of the molecule is c1ccc(N=c2snc3n2CCS3)cc1. The van der Waals surface area contributed by atoms with E-state index in [1.807, 2.05) is 30.3 Å². The van der Waals surface area contributed by atoms with Crippen LogP contribution in [0.4, 0.5) is 5.69 Å². The average molecular weight is 235 g/mol. The standard InChI is InChI=1S/C10H9N3S2/c1-2-4-8(5-3-1)11-9-13-6-7-14-10(13)12-15-9/h1-5H,6-7H2. The van der Waals surface area contributed by atoms with Crippen molar-refractivity contribution in [2.45, 2.75) is 11.7 Å². The number of thioether (sulfide) groups is 1. The van der Waals surface area contributed by atoms with Crippen LogP contribution < -0.4 is 4.80 Å². The Morgan fingerprint density at radius 1 is 1.27 bits per heavy atom. The number of fused-ring (bicyclic) bond motifs is 1. The number of benzene rings is 1. The molecular formula is C10H9N3S2. The van der Waals surface area contributed by atoms with E-state index in [0.717, 1.165) is 27.9 Å². The summed E-state index contributed by atoms with van der Waals surface area (Å²) in [5.41, 5.74) is 0.994. The summed E-state index contributed by atoms with van der Waals surface area (Å²) in [5, 5.41) is 1.11. The van der Waals surface area contributed by atoms with E-state index < -0.39 is 0 Å². The highest BCUT2D eigenvalue weighted by atomic mass is 32.2. The van der Waals surface area contributed by atoms with Crippen molar-refractivity contribution in [1.29, 1.82) is 0 Å². The summed E-state index contributed by atoms with van der Waals surface area (Å²) in [5.74, 6) is 1.12. The van der Waals surface area contributed by atoms with E-state index in [2.05, 4.69) is 13.9 Å². The molecule has 3 rings (SSSR count). The molecule has 1 aliphatic rings. The third-order valence-electron chi connectivity index (χ3n) is 2.19. The highest BCUT2D eigenvalue weighted by Crippen LogP contribution is 2.22. The van der Waals surface area contributed by atoms with Crippen molar-refractivity contribution in [1.82, 2.24) is 8.94 Å². The molecule has 0 aliphatic carbocycles. The Morgan fingerprint density at radius 2 is 2.13 bits per heavy atom. The highest BCUT2D eigenvalue weighted by molar-refractivity contribution is 7.99. The molecule has 0 saturated carbocycles. The lowest BCUT2D eigenvalue weighted by Crippen LogP contribution is -2.12. The van der Waals surface area contributed by atoms with Gasteiger partial charge >= 0.3 is 0 Å². The van der Waals surface area contributed by atoms with E-state index in [-0.39, 0.29) is 0 Å². The summed E-state index contributed by atoms with van der Waals surface area (Å²) in [6.07, 6.45) is 0. The van der Waals surface area contributed by atoms with Gasteiger partial charge in [0.25, 0.3) is 0 Å². The molecule has 1 aromatic heterocycles. The molecule has 0 saturated heterocycles. The number of para-hydroxylation sites is 1. The maximum Gasteiger partial charge on any atom is 0.210 e. The summed E-state index contributed by atoms with van der Waals surface area (Å²) in [6.45, 7) is 1.03. The van der Waals surface area contributed by atoms with E-state index in [4.69, 9.17) is 0 Å². The summed E-state index contributed by atoms with van der Waals surface area (Å²) < 4.78 is 6.55. The van der Waals surface area contributed by atoms with Crippen LogP contribution in [0.25, 0.3) is 0 Å². The topological polar surface area (TPSA) is 30.2 Å². The molecule has 0 N–H and O–H groups in total. The van der Waals surface area contributed by atoms with Gasteiger partial charge in [-0.1, -0.05) is 30.0 Å². The molecule has 0 spiro atoms. The summed E-state index contributed by atoms with van der Waals surface area (Å²) in [4.78, 5) is 5.58. The van der Waals surface area contributed by atoms with Crippen LogP contribution in [-0.2, 0) is 6.54 Å². The zero-order valence-electron chi connectivity index (χ0n) is 7.96. The van der Waals surface area contributed by atoms with Gasteiger partial charge in [-0.05, 0) is 12.1 Å². The number of hydrogen-bond donors (Lipinski definition) is 0. The van der Waals surface area contributed by atoms with Crippen LogP contribution in [0.2, 0.25) is 0 Å². The largest absolute Gasteiger partial charge is 0.294 e. The van der Waals surface area contributed by atoms with Crippen molar-refractivity contribution >= 4 is 29.0 Å². The van der Waals surface area contributed by atoms with Crippen molar-refractivity contribution in [2.24, 2.45) is 4.99 Å². The lowest BCUT2D eigenvalue weighted by molar-refractivity contribution is 0.688. The number of nitrogens with zero attached hydrogens (tertiary/aromatic N) is 3. The summed E-state index contributed by atoms with van der Waals surface area (Å²) in [7, 11) is 0. The van der Waals surface area contributed by atoms with Gasteiger partial charge in [-0.25, -0.2) is 4.99 Å². The van der Waals surface area contributed by atoms with E-state index >= 15 is 0 Å². The predicted octanol–water partition coefficient (Wildman–Crippen LogP) is 2.28.